The van der Waals surface area contributed by atoms with Crippen LogP contribution in [0.25, 0.3) is 0 Å². The number of aromatic nitrogens is 4. The Balaban J connectivity index is 1.78. The maximum atomic E-state index is 13.4. The number of benzene rings is 1. The molecule has 152 valence electrons. The molecule has 29 heavy (non-hydrogen) atoms. The zero-order valence-corrected chi connectivity index (χ0v) is 17.8. The first kappa shape index (κ1) is 20.6. The van der Waals surface area contributed by atoms with E-state index in [1.54, 1.807) is 13.1 Å². The Morgan fingerprint density at radius 2 is 1.97 bits per heavy atom. The van der Waals surface area contributed by atoms with Crippen molar-refractivity contribution in [2.75, 3.05) is 10.6 Å². The van der Waals surface area contributed by atoms with Crippen molar-refractivity contribution >= 4 is 39.2 Å². The van der Waals surface area contributed by atoms with Crippen molar-refractivity contribution in [2.24, 2.45) is 7.05 Å². The van der Waals surface area contributed by atoms with Crippen molar-refractivity contribution in [3.8, 4) is 0 Å². The molecule has 0 aliphatic carbocycles. The molecule has 0 atom stereocenters. The van der Waals surface area contributed by atoms with Gasteiger partial charge in [-0.3, -0.25) is 14.9 Å². The fraction of sp³-hybridized carbons (Fsp3) is 0.278. The Morgan fingerprint density at radius 1 is 1.24 bits per heavy atom. The molecular formula is C18H19BrFN7O2. The van der Waals surface area contributed by atoms with E-state index in [0.29, 0.717) is 11.4 Å². The smallest absolute Gasteiger partial charge is 0.275 e. The lowest BCUT2D eigenvalue weighted by Gasteiger charge is -2.13. The molecule has 0 aliphatic heterocycles. The summed E-state index contributed by atoms with van der Waals surface area (Å²) < 4.78 is 19.8. The summed E-state index contributed by atoms with van der Waals surface area (Å²) in [5.74, 6) is -1.10. The van der Waals surface area contributed by atoms with Crippen LogP contribution in [0.2, 0.25) is 0 Å². The van der Waals surface area contributed by atoms with Gasteiger partial charge < -0.3 is 10.6 Å². The van der Waals surface area contributed by atoms with Crippen LogP contribution in [0.3, 0.4) is 0 Å². The summed E-state index contributed by atoms with van der Waals surface area (Å²) in [5.41, 5.74) is 1.32. The number of aryl methyl sites for hydroxylation is 1. The summed E-state index contributed by atoms with van der Waals surface area (Å²) in [6, 6.07) is 5.88. The van der Waals surface area contributed by atoms with Gasteiger partial charge in [-0.05, 0) is 50.5 Å². The van der Waals surface area contributed by atoms with Gasteiger partial charge in [-0.25, -0.2) is 9.02 Å². The van der Waals surface area contributed by atoms with Crippen LogP contribution in [-0.2, 0) is 12.5 Å². The summed E-state index contributed by atoms with van der Waals surface area (Å²) in [5, 5.41) is 25.2. The van der Waals surface area contributed by atoms with E-state index in [9.17, 15) is 9.18 Å². The van der Waals surface area contributed by atoms with E-state index in [0.717, 1.165) is 5.69 Å². The fourth-order valence-corrected chi connectivity index (χ4v) is 2.81. The number of hydrogen-bond donors (Lipinski definition) is 3. The number of halogens is 2. The van der Waals surface area contributed by atoms with Crippen LogP contribution < -0.4 is 10.6 Å². The van der Waals surface area contributed by atoms with Crippen molar-refractivity contribution in [3.63, 3.8) is 0 Å². The van der Waals surface area contributed by atoms with E-state index in [1.807, 2.05) is 20.8 Å². The van der Waals surface area contributed by atoms with E-state index < -0.39 is 11.7 Å². The molecule has 2 heterocycles. The molecular weight excluding hydrogens is 445 g/mol. The molecule has 1 amide bonds. The summed E-state index contributed by atoms with van der Waals surface area (Å²) in [6.45, 7) is 5.99. The normalized spacial score (nSPS) is 11.4. The molecule has 3 N–H and O–H groups in total. The van der Waals surface area contributed by atoms with Crippen LogP contribution in [0.5, 0.6) is 0 Å². The number of amidine groups is 1. The number of amides is 1. The highest BCUT2D eigenvalue weighted by atomic mass is 79.9. The quantitative estimate of drug-likeness (QED) is 0.400. The predicted octanol–water partition coefficient (Wildman–Crippen LogP) is 3.69. The average molecular weight is 464 g/mol. The van der Waals surface area contributed by atoms with Gasteiger partial charge in [-0.15, -0.1) is 0 Å². The Kier molecular flexibility index (Phi) is 5.51. The third-order valence-corrected chi connectivity index (χ3v) is 4.63. The first-order valence-corrected chi connectivity index (χ1v) is 9.35. The third kappa shape index (κ3) is 4.50. The van der Waals surface area contributed by atoms with E-state index in [1.165, 1.54) is 22.9 Å². The molecule has 9 nitrogen and oxygen atoms in total. The van der Waals surface area contributed by atoms with Crippen LogP contribution in [0.1, 0.15) is 42.6 Å². The molecule has 11 heteroatoms. The van der Waals surface area contributed by atoms with Gasteiger partial charge in [-0.2, -0.15) is 5.10 Å². The Labute approximate surface area is 174 Å². The molecule has 0 unspecified atom stereocenters. The Bertz CT molecular complexity index is 1080. The van der Waals surface area contributed by atoms with Crippen LogP contribution in [0.4, 0.5) is 15.9 Å². The van der Waals surface area contributed by atoms with Crippen molar-refractivity contribution in [1.82, 2.24) is 20.1 Å². The third-order valence-electron chi connectivity index (χ3n) is 4.03. The summed E-state index contributed by atoms with van der Waals surface area (Å²) in [7, 11) is 1.67. The van der Waals surface area contributed by atoms with Crippen LogP contribution in [0.15, 0.2) is 33.4 Å². The molecule has 0 saturated carbocycles. The molecule has 3 rings (SSSR count). The van der Waals surface area contributed by atoms with Gasteiger partial charge in [0.1, 0.15) is 11.5 Å². The minimum atomic E-state index is -0.468. The summed E-state index contributed by atoms with van der Waals surface area (Å²) in [6.07, 6.45) is 0. The van der Waals surface area contributed by atoms with Crippen molar-refractivity contribution in [2.45, 2.75) is 26.2 Å². The Hall–Kier alpha value is -3.08. The second-order valence-corrected chi connectivity index (χ2v) is 8.19. The highest BCUT2D eigenvalue weighted by Gasteiger charge is 2.24. The van der Waals surface area contributed by atoms with Gasteiger partial charge in [0.05, 0.1) is 10.2 Å². The van der Waals surface area contributed by atoms with Gasteiger partial charge in [0.15, 0.2) is 11.5 Å². The van der Waals surface area contributed by atoms with Crippen LogP contribution >= 0.6 is 15.9 Å². The van der Waals surface area contributed by atoms with E-state index in [4.69, 9.17) is 5.41 Å². The fourth-order valence-electron chi connectivity index (χ4n) is 2.43. The van der Waals surface area contributed by atoms with E-state index in [-0.39, 0.29) is 27.2 Å². The molecule has 0 spiro atoms. The summed E-state index contributed by atoms with van der Waals surface area (Å²) >= 11 is 3.08. The standard InChI is InChI=1S/C18H19BrFN7O2/c1-18(2,3)13-8-12(27(4)24-13)17(28)23-16-14(25-29-26-16)15(21)22-9-5-6-11(20)10(19)7-9/h5-8H,1-4H3,(H2,21,22)(H,23,26,28). The van der Waals surface area contributed by atoms with Gasteiger partial charge in [0.2, 0.25) is 5.82 Å². The second kappa shape index (κ2) is 7.74. The molecule has 0 aliphatic rings. The van der Waals surface area contributed by atoms with Gasteiger partial charge in [0, 0.05) is 18.2 Å². The number of rotatable bonds is 4. The van der Waals surface area contributed by atoms with E-state index >= 15 is 0 Å². The highest BCUT2D eigenvalue weighted by Crippen LogP contribution is 2.23. The lowest BCUT2D eigenvalue weighted by molar-refractivity contribution is 0.101. The number of nitrogens with one attached hydrogen (secondary N) is 3. The van der Waals surface area contributed by atoms with Crippen molar-refractivity contribution in [3.05, 3.63) is 51.6 Å². The minimum absolute atomic E-state index is 0.00277. The van der Waals surface area contributed by atoms with Crippen molar-refractivity contribution < 1.29 is 13.8 Å². The first-order chi connectivity index (χ1) is 13.6. The molecule has 0 bridgehead atoms. The number of carbonyl (C=O) groups is 1. The van der Waals surface area contributed by atoms with Gasteiger partial charge >= 0.3 is 0 Å². The van der Waals surface area contributed by atoms with Crippen LogP contribution in [-0.4, -0.2) is 31.8 Å². The first-order valence-electron chi connectivity index (χ1n) is 8.55. The summed E-state index contributed by atoms with van der Waals surface area (Å²) in [4.78, 5) is 12.7. The second-order valence-electron chi connectivity index (χ2n) is 7.33. The number of anilines is 2. The molecule has 0 radical (unpaired) electrons. The monoisotopic (exact) mass is 463 g/mol. The average Bonchev–Trinajstić information content (AvgIpc) is 3.24. The predicted molar refractivity (Wildman–Crippen MR) is 109 cm³/mol. The lowest BCUT2D eigenvalue weighted by atomic mass is 9.92. The maximum absolute atomic E-state index is 13.4. The van der Waals surface area contributed by atoms with Crippen molar-refractivity contribution in [1.29, 1.82) is 5.41 Å². The molecule has 0 saturated heterocycles. The molecule has 1 aromatic carbocycles. The van der Waals surface area contributed by atoms with Gasteiger partial charge in [-0.1, -0.05) is 20.8 Å². The highest BCUT2D eigenvalue weighted by molar-refractivity contribution is 9.10. The molecule has 2 aromatic heterocycles. The van der Waals surface area contributed by atoms with E-state index in [2.05, 4.69) is 46.6 Å². The minimum Gasteiger partial charge on any atom is -0.339 e. The molecule has 0 fully saturated rings. The zero-order valence-electron chi connectivity index (χ0n) is 16.2. The number of carbonyl (C=O) groups excluding carboxylic acids is 1. The Morgan fingerprint density at radius 3 is 2.59 bits per heavy atom. The topological polar surface area (TPSA) is 122 Å². The lowest BCUT2D eigenvalue weighted by Crippen LogP contribution is -2.20. The van der Waals surface area contributed by atoms with Gasteiger partial charge in [0.25, 0.3) is 5.91 Å². The zero-order chi connectivity index (χ0) is 21.3. The number of hydrogen-bond acceptors (Lipinski definition) is 6. The molecule has 3 aromatic rings. The number of nitrogens with zero attached hydrogens (tertiary/aromatic N) is 4. The van der Waals surface area contributed by atoms with Crippen LogP contribution in [0, 0.1) is 11.2 Å². The SMILES string of the molecule is Cn1nc(C(C)(C)C)cc1C(=O)Nc1nonc1C(=N)Nc1ccc(F)c(Br)c1. The maximum Gasteiger partial charge on any atom is 0.275 e. The largest absolute Gasteiger partial charge is 0.339 e.